The van der Waals surface area contributed by atoms with Gasteiger partial charge < -0.3 is 4.74 Å². The lowest BCUT2D eigenvalue weighted by Gasteiger charge is -2.01. The van der Waals surface area contributed by atoms with E-state index >= 15 is 0 Å². The van der Waals surface area contributed by atoms with Crippen molar-refractivity contribution in [2.24, 2.45) is 0 Å². The summed E-state index contributed by atoms with van der Waals surface area (Å²) in [7, 11) is 1.35. The van der Waals surface area contributed by atoms with Gasteiger partial charge in [-0.25, -0.2) is 0 Å². The summed E-state index contributed by atoms with van der Waals surface area (Å²) in [5.74, 6) is 0.686. The number of hydrogen-bond acceptors (Lipinski definition) is 4. The molecule has 1 aromatic carbocycles. The third kappa shape index (κ3) is 5.24. The number of benzene rings is 1. The molecule has 17 heavy (non-hydrogen) atoms. The molecule has 0 radical (unpaired) electrons. The molecule has 5 heteroatoms. The van der Waals surface area contributed by atoms with Crippen LogP contribution < -0.4 is 0 Å². The zero-order valence-electron chi connectivity index (χ0n) is 9.44. The van der Waals surface area contributed by atoms with Gasteiger partial charge in [0.05, 0.1) is 19.3 Å². The molecule has 0 unspecified atom stereocenters. The molecule has 0 bridgehead atoms. The van der Waals surface area contributed by atoms with Crippen molar-refractivity contribution < 1.29 is 14.3 Å². The monoisotopic (exact) mass is 272 g/mol. The molecule has 0 saturated carbocycles. The third-order valence-electron chi connectivity index (χ3n) is 2.06. The Hall–Kier alpha value is -1.00. The van der Waals surface area contributed by atoms with Crippen molar-refractivity contribution in [2.75, 3.05) is 18.6 Å². The van der Waals surface area contributed by atoms with Crippen molar-refractivity contribution in [3.05, 3.63) is 34.9 Å². The first kappa shape index (κ1) is 14.1. The van der Waals surface area contributed by atoms with Crippen LogP contribution in [-0.2, 0) is 9.53 Å². The number of esters is 1. The smallest absolute Gasteiger partial charge is 0.306 e. The largest absolute Gasteiger partial charge is 0.469 e. The van der Waals surface area contributed by atoms with Gasteiger partial charge in [-0.3, -0.25) is 9.59 Å². The van der Waals surface area contributed by atoms with E-state index in [1.165, 1.54) is 18.9 Å². The molecule has 3 nitrogen and oxygen atoms in total. The van der Waals surface area contributed by atoms with Crippen molar-refractivity contribution >= 4 is 35.1 Å². The predicted molar refractivity (Wildman–Crippen MR) is 69.7 cm³/mol. The van der Waals surface area contributed by atoms with Crippen LogP contribution in [0.25, 0.3) is 0 Å². The van der Waals surface area contributed by atoms with Gasteiger partial charge in [0.2, 0.25) is 0 Å². The first-order valence-corrected chi connectivity index (χ1v) is 6.60. The van der Waals surface area contributed by atoms with Gasteiger partial charge >= 0.3 is 5.97 Å². The van der Waals surface area contributed by atoms with Gasteiger partial charge in [0.15, 0.2) is 5.78 Å². The number of ketones is 1. The van der Waals surface area contributed by atoms with E-state index < -0.39 is 0 Å². The van der Waals surface area contributed by atoms with Crippen molar-refractivity contribution in [3.63, 3.8) is 0 Å². The van der Waals surface area contributed by atoms with E-state index in [1.54, 1.807) is 24.3 Å². The lowest BCUT2D eigenvalue weighted by atomic mass is 10.1. The lowest BCUT2D eigenvalue weighted by molar-refractivity contribution is -0.140. The van der Waals surface area contributed by atoms with E-state index in [9.17, 15) is 9.59 Å². The average Bonchev–Trinajstić information content (AvgIpc) is 2.34. The molecule has 0 aromatic heterocycles. The Morgan fingerprint density at radius 3 is 2.82 bits per heavy atom. The van der Waals surface area contributed by atoms with Crippen LogP contribution in [0.4, 0.5) is 0 Å². The average molecular weight is 273 g/mol. The molecule has 0 aliphatic rings. The van der Waals surface area contributed by atoms with E-state index in [-0.39, 0.29) is 11.8 Å². The standard InChI is InChI=1S/C12H13ClO3S/c1-16-12(15)5-6-17-8-11(14)9-3-2-4-10(13)7-9/h2-4,7H,5-6,8H2,1H3. The first-order chi connectivity index (χ1) is 8.13. The maximum absolute atomic E-state index is 11.7. The van der Waals surface area contributed by atoms with Crippen LogP contribution in [0.2, 0.25) is 5.02 Å². The summed E-state index contributed by atoms with van der Waals surface area (Å²) in [6.07, 6.45) is 0.323. The Morgan fingerprint density at radius 1 is 1.41 bits per heavy atom. The number of halogens is 1. The number of methoxy groups -OCH3 is 1. The Morgan fingerprint density at radius 2 is 2.18 bits per heavy atom. The highest BCUT2D eigenvalue weighted by atomic mass is 35.5. The van der Waals surface area contributed by atoms with Gasteiger partial charge in [0, 0.05) is 16.3 Å². The van der Waals surface area contributed by atoms with E-state index in [4.69, 9.17) is 11.6 Å². The molecule has 0 aliphatic carbocycles. The highest BCUT2D eigenvalue weighted by Crippen LogP contribution is 2.13. The molecule has 0 heterocycles. The normalized spacial score (nSPS) is 10.0. The van der Waals surface area contributed by atoms with Crippen LogP contribution in [0, 0.1) is 0 Å². The number of hydrogen-bond donors (Lipinski definition) is 0. The van der Waals surface area contributed by atoms with Gasteiger partial charge in [-0.1, -0.05) is 23.7 Å². The van der Waals surface area contributed by atoms with Gasteiger partial charge in [0.25, 0.3) is 0 Å². The van der Waals surface area contributed by atoms with Crippen molar-refractivity contribution in [1.29, 1.82) is 0 Å². The number of carbonyl (C=O) groups excluding carboxylic acids is 2. The summed E-state index contributed by atoms with van der Waals surface area (Å²) in [5, 5.41) is 0.551. The number of rotatable bonds is 6. The predicted octanol–water partition coefficient (Wildman–Crippen LogP) is 2.82. The van der Waals surface area contributed by atoms with Crippen LogP contribution in [0.3, 0.4) is 0 Å². The molecule has 0 aliphatic heterocycles. The minimum atomic E-state index is -0.257. The van der Waals surface area contributed by atoms with E-state index in [0.29, 0.717) is 28.5 Å². The number of carbonyl (C=O) groups is 2. The molecule has 0 saturated heterocycles. The zero-order valence-corrected chi connectivity index (χ0v) is 11.0. The molecule has 0 amide bonds. The first-order valence-electron chi connectivity index (χ1n) is 5.07. The van der Waals surface area contributed by atoms with Crippen LogP contribution >= 0.6 is 23.4 Å². The Bertz CT molecular complexity index is 406. The molecule has 0 atom stereocenters. The molecule has 0 fully saturated rings. The van der Waals surface area contributed by atoms with E-state index in [2.05, 4.69) is 4.74 Å². The molecular weight excluding hydrogens is 260 g/mol. The third-order valence-corrected chi connectivity index (χ3v) is 3.25. The second-order valence-corrected chi connectivity index (χ2v) is 4.85. The summed E-state index contributed by atoms with van der Waals surface area (Å²) >= 11 is 7.20. The molecule has 1 rings (SSSR count). The quantitative estimate of drug-likeness (QED) is 0.454. The highest BCUT2D eigenvalue weighted by Gasteiger charge is 2.07. The Labute approximate surface area is 109 Å². The summed E-state index contributed by atoms with van der Waals surface area (Å²) in [6, 6.07) is 6.84. The minimum absolute atomic E-state index is 0.0161. The van der Waals surface area contributed by atoms with Crippen LogP contribution in [-0.4, -0.2) is 30.4 Å². The molecule has 1 aromatic rings. The fourth-order valence-electron chi connectivity index (χ4n) is 1.17. The summed E-state index contributed by atoms with van der Waals surface area (Å²) < 4.78 is 4.50. The number of ether oxygens (including phenoxy) is 1. The maximum Gasteiger partial charge on any atom is 0.306 e. The second-order valence-electron chi connectivity index (χ2n) is 3.31. The Kier molecular flexibility index (Phi) is 6.08. The fraction of sp³-hybridized carbons (Fsp3) is 0.333. The summed E-state index contributed by atoms with van der Waals surface area (Å²) in [5.41, 5.74) is 0.600. The SMILES string of the molecule is COC(=O)CCSCC(=O)c1cccc(Cl)c1. The van der Waals surface area contributed by atoms with Crippen molar-refractivity contribution in [2.45, 2.75) is 6.42 Å². The van der Waals surface area contributed by atoms with Gasteiger partial charge in [-0.15, -0.1) is 0 Å². The molecule has 92 valence electrons. The summed E-state index contributed by atoms with van der Waals surface area (Å²) in [6.45, 7) is 0. The lowest BCUT2D eigenvalue weighted by Crippen LogP contribution is -2.05. The topological polar surface area (TPSA) is 43.4 Å². The highest BCUT2D eigenvalue weighted by molar-refractivity contribution is 8.00. The van der Waals surface area contributed by atoms with E-state index in [0.717, 1.165) is 0 Å². The molecule has 0 spiro atoms. The summed E-state index contributed by atoms with van der Waals surface area (Å²) in [4.78, 5) is 22.5. The zero-order chi connectivity index (χ0) is 12.7. The van der Waals surface area contributed by atoms with Crippen molar-refractivity contribution in [1.82, 2.24) is 0 Å². The second kappa shape index (κ2) is 7.35. The van der Waals surface area contributed by atoms with Crippen LogP contribution in [0.5, 0.6) is 0 Å². The fourth-order valence-corrected chi connectivity index (χ4v) is 2.17. The minimum Gasteiger partial charge on any atom is -0.469 e. The maximum atomic E-state index is 11.7. The van der Waals surface area contributed by atoms with Gasteiger partial charge in [-0.05, 0) is 12.1 Å². The number of Topliss-reactive ketones (excluding diaryl/α,β-unsaturated/α-hetero) is 1. The van der Waals surface area contributed by atoms with Crippen LogP contribution in [0.1, 0.15) is 16.8 Å². The van der Waals surface area contributed by atoms with E-state index in [1.807, 2.05) is 0 Å². The van der Waals surface area contributed by atoms with Crippen LogP contribution in [0.15, 0.2) is 24.3 Å². The van der Waals surface area contributed by atoms with Gasteiger partial charge in [0.1, 0.15) is 0 Å². The molecular formula is C12H13ClO3S. The number of thioether (sulfide) groups is 1. The van der Waals surface area contributed by atoms with Gasteiger partial charge in [-0.2, -0.15) is 11.8 Å². The van der Waals surface area contributed by atoms with Crippen molar-refractivity contribution in [3.8, 4) is 0 Å². The Balaban J connectivity index is 2.33. The molecule has 0 N–H and O–H groups in total.